The van der Waals surface area contributed by atoms with Crippen LogP contribution in [0.1, 0.15) is 88.2 Å². The van der Waals surface area contributed by atoms with Crippen LogP contribution in [0.4, 0.5) is 18.4 Å². The Kier molecular flexibility index (Phi) is 42.1. The molecule has 0 bridgehead atoms. The lowest BCUT2D eigenvalue weighted by Gasteiger charge is -2.20. The van der Waals surface area contributed by atoms with Crippen molar-refractivity contribution in [1.82, 2.24) is 46.9 Å². The molecule has 0 spiro atoms. The number of unbranched alkanes of at least 4 members (excludes halogenated alkanes) is 2. The summed E-state index contributed by atoms with van der Waals surface area (Å²) in [6, 6.07) is 8.81. The van der Waals surface area contributed by atoms with Gasteiger partial charge in [-0.05, 0) is 83.2 Å². The maximum atomic E-state index is 14.2. The molecule has 2 fully saturated rings. The lowest BCUT2D eigenvalue weighted by atomic mass is 10.0. The number of nitrogens with one attached hydrogen (secondary N) is 6. The Bertz CT molecular complexity index is 2680. The number of alkyl carbamates (subject to hydrolysis) is 1. The van der Waals surface area contributed by atoms with E-state index >= 15 is 0 Å². The highest BCUT2D eigenvalue weighted by Crippen LogP contribution is 2.33. The number of urea groups is 1. The largest absolute Gasteiger partial charge is 0.480 e. The quantitative estimate of drug-likeness (QED) is 0.0343. The predicted octanol–water partition coefficient (Wildman–Crippen LogP) is 4.03. The average Bonchev–Trinajstić information content (AvgIpc) is 1.70. The number of carbonyl (C=O) groups is 6. The Morgan fingerprint density at radius 2 is 1.12 bits per heavy atom. The number of para-hydroxylation sites is 1. The number of rotatable bonds is 58. The van der Waals surface area contributed by atoms with Crippen molar-refractivity contribution >= 4 is 47.4 Å². The molecule has 2 saturated heterocycles. The molecule has 32 heteroatoms. The van der Waals surface area contributed by atoms with Crippen LogP contribution in [0, 0.1) is 11.6 Å². The molecule has 6 N–H and O–H groups in total. The number of benzene rings is 2. The Hall–Kier alpha value is -6.27. The van der Waals surface area contributed by atoms with Crippen LogP contribution < -0.4 is 36.6 Å². The van der Waals surface area contributed by atoms with Crippen molar-refractivity contribution in [3.8, 4) is 11.4 Å². The second-order valence-electron chi connectivity index (χ2n) is 23.1. The average molecular weight is 1400 g/mol. The maximum absolute atomic E-state index is 14.2. The van der Waals surface area contributed by atoms with Crippen molar-refractivity contribution < 1.29 is 104 Å². The minimum Gasteiger partial charge on any atom is -0.480 e. The number of carbonyl (C=O) groups excluding carboxylic acids is 6. The van der Waals surface area contributed by atoms with Crippen molar-refractivity contribution in [3.63, 3.8) is 0 Å². The number of aromatic nitrogens is 3. The van der Waals surface area contributed by atoms with E-state index in [0.717, 1.165) is 37.1 Å². The number of amides is 6. The highest BCUT2D eigenvalue weighted by Gasteiger charge is 2.42. The molecule has 2 aliphatic rings. The van der Waals surface area contributed by atoms with Gasteiger partial charge in [0.05, 0.1) is 195 Å². The normalized spacial score (nSPS) is 15.4. The highest BCUT2D eigenvalue weighted by atomic mass is 32.2. The first-order chi connectivity index (χ1) is 47.1. The lowest BCUT2D eigenvalue weighted by Crippen LogP contribution is -2.43. The van der Waals surface area contributed by atoms with Gasteiger partial charge in [-0.25, -0.2) is 23.1 Å². The number of hydrogen-bond donors (Lipinski definition) is 6. The number of ether oxygens (including phenoxy) is 14. The van der Waals surface area contributed by atoms with E-state index in [-0.39, 0.29) is 68.0 Å². The molecule has 0 radical (unpaired) electrons. The molecule has 1 unspecified atom stereocenters. The molecule has 6 amide bonds. The van der Waals surface area contributed by atoms with E-state index in [1.54, 1.807) is 39.1 Å². The summed E-state index contributed by atoms with van der Waals surface area (Å²) in [6.45, 7) is 15.2. The fourth-order valence-electron chi connectivity index (χ4n) is 9.28. The van der Waals surface area contributed by atoms with Crippen LogP contribution in [-0.4, -0.2) is 264 Å². The summed E-state index contributed by atoms with van der Waals surface area (Å²) in [6.07, 6.45) is 5.32. The molecule has 0 aliphatic carbocycles. The lowest BCUT2D eigenvalue weighted by molar-refractivity contribution is -0.123. The van der Waals surface area contributed by atoms with Crippen molar-refractivity contribution in [2.75, 3.05) is 184 Å². The third kappa shape index (κ3) is 37.5. The van der Waals surface area contributed by atoms with Crippen LogP contribution in [-0.2, 0) is 82.5 Å². The molecule has 2 aliphatic heterocycles. The van der Waals surface area contributed by atoms with Crippen LogP contribution in [0.25, 0.3) is 5.69 Å². The topological polar surface area (TPSA) is 335 Å². The summed E-state index contributed by atoms with van der Waals surface area (Å²) < 4.78 is 107. The summed E-state index contributed by atoms with van der Waals surface area (Å²) in [4.78, 5) is 75.1. The Morgan fingerprint density at radius 3 is 1.67 bits per heavy atom. The second kappa shape index (κ2) is 50.1. The molecule has 3 aromatic rings. The SMILES string of the molecule is CC(C)(C)OC(=O)NCCCCC(NC(=O)c1cccc(-n2cc(CNC(=O)CCOCCOCCOCCOCCOCCOCCOCCOCCOCCOCCOCCOCCNC(=O)CCCC[C@@H]3SC[C@@H]4NC(=O)N[C@@H]43)nn2)c1)C(=O)COc1c(F)cccc1F. The Morgan fingerprint density at radius 1 is 0.608 bits per heavy atom. The zero-order valence-corrected chi connectivity index (χ0v) is 57.1. The maximum Gasteiger partial charge on any atom is 0.407 e. The Balaban J connectivity index is 0.726. The van der Waals surface area contributed by atoms with Gasteiger partial charge in [-0.2, -0.15) is 11.8 Å². The van der Waals surface area contributed by atoms with Gasteiger partial charge >= 0.3 is 12.1 Å². The number of thioether (sulfide) groups is 1. The van der Waals surface area contributed by atoms with Crippen LogP contribution in [0.3, 0.4) is 0 Å². The van der Waals surface area contributed by atoms with Crippen LogP contribution in [0.5, 0.6) is 5.75 Å². The number of nitrogens with zero attached hydrogens (tertiary/aromatic N) is 3. The number of ketones is 1. The first-order valence-corrected chi connectivity index (χ1v) is 34.2. The van der Waals surface area contributed by atoms with Crippen LogP contribution in [0.15, 0.2) is 48.7 Å². The van der Waals surface area contributed by atoms with Crippen LogP contribution >= 0.6 is 11.8 Å². The molecule has 1 aromatic heterocycles. The van der Waals surface area contributed by atoms with Crippen molar-refractivity contribution in [1.29, 1.82) is 0 Å². The predicted molar refractivity (Wildman–Crippen MR) is 351 cm³/mol. The summed E-state index contributed by atoms with van der Waals surface area (Å²) in [7, 11) is 0. The zero-order valence-electron chi connectivity index (χ0n) is 56.3. The van der Waals surface area contributed by atoms with Crippen molar-refractivity contribution in [3.05, 3.63) is 71.6 Å². The standard InChI is InChI=1S/C65H101F2N9O20S/c1-65(2,3)96-64(82)69-18-7-6-14-54(56(77)47-95-61-52(66)12-9-13-53(61)67)71-62(80)49-10-8-11-51(44-49)76-46-50(74-75-76)45-70-59(79)17-20-83-22-24-85-26-28-87-30-32-89-34-36-91-38-40-93-42-43-94-41-39-92-37-35-90-33-31-88-29-27-86-25-23-84-21-19-68-58(78)16-5-4-15-57-60-55(48-97-57)72-63(81)73-60/h8-13,44,46,54-55,57,60H,4-7,14-43,45,47-48H2,1-3H3,(H,68,78)(H,69,82)(H,70,79)(H,71,80)(H2,72,73,81)/t54?,55-,57-,60-/m0/s1. The molecule has 5 rings (SSSR count). The molecular formula is C65H101F2N9O20S. The molecule has 546 valence electrons. The number of Topliss-reactive ketones (excluding diaryl/α,β-unsaturated/α-hetero) is 1. The third-order valence-corrected chi connectivity index (χ3v) is 15.7. The van der Waals surface area contributed by atoms with Gasteiger partial charge in [0, 0.05) is 42.5 Å². The van der Waals surface area contributed by atoms with E-state index in [1.807, 2.05) is 11.8 Å². The van der Waals surface area contributed by atoms with Gasteiger partial charge in [0.1, 0.15) is 17.9 Å². The molecule has 2 aromatic carbocycles. The van der Waals surface area contributed by atoms with Gasteiger partial charge in [0.2, 0.25) is 11.8 Å². The monoisotopic (exact) mass is 1400 g/mol. The fraction of sp³-hybridized carbons (Fsp3) is 0.692. The first-order valence-electron chi connectivity index (χ1n) is 33.2. The van der Waals surface area contributed by atoms with Crippen molar-refractivity contribution in [2.24, 2.45) is 0 Å². The van der Waals surface area contributed by atoms with Gasteiger partial charge in [-0.3, -0.25) is 19.2 Å². The Labute approximate surface area is 570 Å². The van der Waals surface area contributed by atoms with Gasteiger partial charge in [-0.1, -0.05) is 23.8 Å². The molecule has 97 heavy (non-hydrogen) atoms. The van der Waals surface area contributed by atoms with Crippen molar-refractivity contribution in [2.45, 2.75) is 108 Å². The third-order valence-electron chi connectivity index (χ3n) is 14.2. The van der Waals surface area contributed by atoms with Crippen LogP contribution in [0.2, 0.25) is 0 Å². The summed E-state index contributed by atoms with van der Waals surface area (Å²) in [5.41, 5.74) is 0.412. The zero-order chi connectivity index (χ0) is 69.4. The van der Waals surface area contributed by atoms with E-state index in [1.165, 1.54) is 22.9 Å². The number of fused-ring (bicyclic) bond motifs is 1. The molecule has 29 nitrogen and oxygen atoms in total. The fourth-order valence-corrected chi connectivity index (χ4v) is 10.8. The smallest absolute Gasteiger partial charge is 0.407 e. The molecule has 0 saturated carbocycles. The number of hydrogen-bond acceptors (Lipinski definition) is 23. The molecule has 3 heterocycles. The van der Waals surface area contributed by atoms with Gasteiger partial charge in [0.25, 0.3) is 5.91 Å². The minimum absolute atomic E-state index is 0.0273. The highest BCUT2D eigenvalue weighted by molar-refractivity contribution is 8.00. The van der Waals surface area contributed by atoms with E-state index in [0.29, 0.717) is 194 Å². The summed E-state index contributed by atoms with van der Waals surface area (Å²) >= 11 is 1.89. The van der Waals surface area contributed by atoms with E-state index in [4.69, 9.17) is 66.3 Å². The van der Waals surface area contributed by atoms with Gasteiger partial charge in [-0.15, -0.1) is 5.10 Å². The van der Waals surface area contributed by atoms with Gasteiger partial charge < -0.3 is 98.2 Å². The van der Waals surface area contributed by atoms with E-state index < -0.39 is 53.4 Å². The number of halogens is 2. The van der Waals surface area contributed by atoms with E-state index in [2.05, 4.69) is 42.2 Å². The first kappa shape index (κ1) is 81.4. The van der Waals surface area contributed by atoms with Gasteiger partial charge in [0.15, 0.2) is 23.2 Å². The minimum atomic E-state index is -1.10. The second-order valence-corrected chi connectivity index (χ2v) is 24.3. The summed E-state index contributed by atoms with van der Waals surface area (Å²) in [5, 5.41) is 25.6. The molecular weight excluding hydrogens is 1300 g/mol. The summed E-state index contributed by atoms with van der Waals surface area (Å²) in [5.74, 6) is -3.19. The molecule has 4 atom stereocenters. The van der Waals surface area contributed by atoms with E-state index in [9.17, 15) is 37.5 Å².